The molecule has 0 aromatic heterocycles. The zero-order chi connectivity index (χ0) is 30.5. The van der Waals surface area contributed by atoms with Crippen molar-refractivity contribution in [1.29, 1.82) is 0 Å². The molecule has 0 aliphatic carbocycles. The van der Waals surface area contributed by atoms with Gasteiger partial charge in [-0.1, -0.05) is 23.7 Å². The molecule has 0 spiro atoms. The van der Waals surface area contributed by atoms with Gasteiger partial charge >= 0.3 is 18.2 Å². The summed E-state index contributed by atoms with van der Waals surface area (Å²) in [5.41, 5.74) is 0.301. The lowest BCUT2D eigenvalue weighted by Crippen LogP contribution is -2.51. The lowest BCUT2D eigenvalue weighted by molar-refractivity contribution is -0.00854. The first-order valence-electron chi connectivity index (χ1n) is 14.8. The highest BCUT2D eigenvalue weighted by Gasteiger charge is 2.32. The average Bonchev–Trinajstić information content (AvgIpc) is 2.95. The summed E-state index contributed by atoms with van der Waals surface area (Å²) in [6, 6.07) is 7.05. The van der Waals surface area contributed by atoms with Gasteiger partial charge in [0.15, 0.2) is 0 Å². The number of amides is 4. The Kier molecular flexibility index (Phi) is 13.5. The van der Waals surface area contributed by atoms with Crippen molar-refractivity contribution in [2.45, 2.75) is 70.6 Å². The van der Waals surface area contributed by atoms with Gasteiger partial charge in [0, 0.05) is 56.4 Å². The molecule has 2 fully saturated rings. The summed E-state index contributed by atoms with van der Waals surface area (Å²) >= 11 is 6.29. The third-order valence-electron chi connectivity index (χ3n) is 7.30. The smallest absolute Gasteiger partial charge is 0.407 e. The van der Waals surface area contributed by atoms with Crippen LogP contribution < -0.4 is 16.0 Å². The molecule has 0 bridgehead atoms. The van der Waals surface area contributed by atoms with Gasteiger partial charge in [0.1, 0.15) is 5.60 Å². The molecule has 0 unspecified atom stereocenters. The predicted octanol–water partition coefficient (Wildman–Crippen LogP) is 4.89. The zero-order valence-electron chi connectivity index (χ0n) is 25.3. The second-order valence-corrected chi connectivity index (χ2v) is 12.4. The van der Waals surface area contributed by atoms with Crippen LogP contribution in [-0.2, 0) is 18.9 Å². The largest absolute Gasteiger partial charge is 0.453 e. The van der Waals surface area contributed by atoms with Gasteiger partial charge in [0.25, 0.3) is 0 Å². The summed E-state index contributed by atoms with van der Waals surface area (Å²) in [4.78, 5) is 39.2. The second-order valence-electron chi connectivity index (χ2n) is 12.0. The first-order chi connectivity index (χ1) is 20.0. The normalized spacial score (nSPS) is 20.6. The Balaban J connectivity index is 1.61. The highest BCUT2D eigenvalue weighted by Crippen LogP contribution is 2.34. The molecule has 236 valence electrons. The second kappa shape index (κ2) is 16.8. The highest BCUT2D eigenvalue weighted by molar-refractivity contribution is 6.30. The van der Waals surface area contributed by atoms with Crippen molar-refractivity contribution in [2.24, 2.45) is 11.8 Å². The van der Waals surface area contributed by atoms with Crippen LogP contribution in [0.2, 0.25) is 5.02 Å². The van der Waals surface area contributed by atoms with Gasteiger partial charge in [-0.05, 0) is 76.5 Å². The van der Waals surface area contributed by atoms with E-state index < -0.39 is 17.8 Å². The molecule has 1 aromatic carbocycles. The maximum atomic E-state index is 13.4. The molecule has 3 N–H and O–H groups in total. The van der Waals surface area contributed by atoms with Crippen LogP contribution in [0.1, 0.15) is 64.5 Å². The Hall–Kier alpha value is -2.76. The molecule has 12 heteroatoms. The molecule has 42 heavy (non-hydrogen) atoms. The maximum absolute atomic E-state index is 13.4. The molecular formula is C30H47ClN4O7. The van der Waals surface area contributed by atoms with Crippen LogP contribution in [0.4, 0.5) is 14.4 Å². The first-order valence-corrected chi connectivity index (χ1v) is 15.2. The molecule has 3 rings (SSSR count). The third-order valence-corrected chi connectivity index (χ3v) is 7.53. The Morgan fingerprint density at radius 3 is 2.64 bits per heavy atom. The van der Waals surface area contributed by atoms with E-state index in [9.17, 15) is 14.4 Å². The van der Waals surface area contributed by atoms with E-state index in [4.69, 9.17) is 25.8 Å². The highest BCUT2D eigenvalue weighted by atomic mass is 35.5. The molecule has 2 saturated heterocycles. The lowest BCUT2D eigenvalue weighted by Gasteiger charge is -2.37. The number of piperidine rings is 1. The van der Waals surface area contributed by atoms with E-state index in [0.717, 1.165) is 37.9 Å². The summed E-state index contributed by atoms with van der Waals surface area (Å²) < 4.78 is 22.0. The fraction of sp³-hybridized carbons (Fsp3) is 0.700. The van der Waals surface area contributed by atoms with E-state index in [2.05, 4.69) is 20.7 Å². The summed E-state index contributed by atoms with van der Waals surface area (Å²) in [6.45, 7) is 8.83. The van der Waals surface area contributed by atoms with Crippen molar-refractivity contribution >= 4 is 29.8 Å². The van der Waals surface area contributed by atoms with Crippen LogP contribution in [0, 0.1) is 11.8 Å². The summed E-state index contributed by atoms with van der Waals surface area (Å²) in [7, 11) is 1.31. The summed E-state index contributed by atoms with van der Waals surface area (Å²) in [5.74, 6) is 0.329. The van der Waals surface area contributed by atoms with Crippen LogP contribution in [0.15, 0.2) is 24.3 Å². The molecule has 4 amide bonds. The number of halogens is 1. The van der Waals surface area contributed by atoms with Crippen molar-refractivity contribution < 1.29 is 33.3 Å². The number of methoxy groups -OCH3 is 1. The number of benzene rings is 1. The number of nitrogens with zero attached hydrogens (tertiary/aromatic N) is 1. The molecule has 1 aromatic rings. The van der Waals surface area contributed by atoms with Crippen LogP contribution in [0.25, 0.3) is 0 Å². The van der Waals surface area contributed by atoms with E-state index in [1.54, 1.807) is 4.90 Å². The molecular weight excluding hydrogens is 564 g/mol. The number of rotatable bonds is 11. The minimum atomic E-state index is -0.619. The molecule has 2 heterocycles. The van der Waals surface area contributed by atoms with E-state index in [1.165, 1.54) is 7.11 Å². The number of urea groups is 1. The number of likely N-dealkylation sites (tertiary alicyclic amines) is 1. The molecule has 11 nitrogen and oxygen atoms in total. The standard InChI is InChI=1S/C30H47ClN4O7/c1-30(2,3)42-29(38)34-25(16-21-8-7-14-40-20-21)18-33-27(36)35-13-6-10-23(19-35)26(22-9-5-11-24(31)17-22)41-15-12-32-28(37)39-4/h5,9,11,17,21,23,25-26H,6-8,10,12-16,18-20H2,1-4H3,(H,32,37)(H,33,36)(H,34,38)/t21-,23-,25+,26+/m1/s1. The Bertz CT molecular complexity index is 1020. The fourth-order valence-electron chi connectivity index (χ4n) is 5.43. The minimum absolute atomic E-state index is 0.0242. The average molecular weight is 611 g/mol. The van der Waals surface area contributed by atoms with Crippen LogP contribution in [0.3, 0.4) is 0 Å². The van der Waals surface area contributed by atoms with Crippen LogP contribution >= 0.6 is 11.6 Å². The zero-order valence-corrected chi connectivity index (χ0v) is 26.0. The maximum Gasteiger partial charge on any atom is 0.407 e. The SMILES string of the molecule is COC(=O)NCCO[C@@H](c1cccc(Cl)c1)[C@@H]1CCCN(C(=O)NC[C@H](C[C@H]2CCCOC2)NC(=O)OC(C)(C)C)C1. The van der Waals surface area contributed by atoms with Gasteiger partial charge in [-0.15, -0.1) is 0 Å². The third kappa shape index (κ3) is 11.9. The fourth-order valence-corrected chi connectivity index (χ4v) is 5.62. The van der Waals surface area contributed by atoms with Crippen LogP contribution in [-0.4, -0.2) is 87.9 Å². The predicted molar refractivity (Wildman–Crippen MR) is 160 cm³/mol. The molecule has 0 saturated carbocycles. The van der Waals surface area contributed by atoms with Gasteiger partial charge in [0.05, 0.1) is 19.8 Å². The number of alkyl carbamates (subject to hydrolysis) is 2. The molecule has 2 aliphatic rings. The van der Waals surface area contributed by atoms with E-state index in [1.807, 2.05) is 45.0 Å². The number of hydrogen-bond acceptors (Lipinski definition) is 7. The van der Waals surface area contributed by atoms with Crippen molar-refractivity contribution in [1.82, 2.24) is 20.9 Å². The van der Waals surface area contributed by atoms with Crippen molar-refractivity contribution in [3.63, 3.8) is 0 Å². The Labute approximate surface area is 254 Å². The van der Waals surface area contributed by atoms with E-state index in [0.29, 0.717) is 43.6 Å². The van der Waals surface area contributed by atoms with Crippen LogP contribution in [0.5, 0.6) is 0 Å². The van der Waals surface area contributed by atoms with E-state index in [-0.39, 0.29) is 37.2 Å². The number of hydrogen-bond donors (Lipinski definition) is 3. The molecule has 2 aliphatic heterocycles. The number of nitrogens with one attached hydrogen (secondary N) is 3. The Morgan fingerprint density at radius 2 is 1.95 bits per heavy atom. The quantitative estimate of drug-likeness (QED) is 0.305. The first kappa shape index (κ1) is 33.7. The van der Waals surface area contributed by atoms with Gasteiger partial charge in [-0.25, -0.2) is 14.4 Å². The summed E-state index contributed by atoms with van der Waals surface area (Å²) in [6.07, 6.45) is 3.05. The van der Waals surface area contributed by atoms with Crippen molar-refractivity contribution in [3.8, 4) is 0 Å². The van der Waals surface area contributed by atoms with Gasteiger partial charge in [-0.2, -0.15) is 0 Å². The molecule has 0 radical (unpaired) electrons. The monoisotopic (exact) mass is 610 g/mol. The van der Waals surface area contributed by atoms with Crippen molar-refractivity contribution in [2.75, 3.05) is 53.1 Å². The number of carbonyl (C=O) groups excluding carboxylic acids is 3. The topological polar surface area (TPSA) is 127 Å². The minimum Gasteiger partial charge on any atom is -0.453 e. The van der Waals surface area contributed by atoms with Gasteiger partial charge in [-0.3, -0.25) is 0 Å². The summed E-state index contributed by atoms with van der Waals surface area (Å²) in [5, 5.41) is 9.23. The van der Waals surface area contributed by atoms with Gasteiger partial charge < -0.3 is 39.8 Å². The lowest BCUT2D eigenvalue weighted by atomic mass is 9.88. The van der Waals surface area contributed by atoms with Gasteiger partial charge in [0.2, 0.25) is 0 Å². The molecule has 4 atom stereocenters. The number of carbonyl (C=O) groups is 3. The van der Waals surface area contributed by atoms with E-state index >= 15 is 0 Å². The Morgan fingerprint density at radius 1 is 1.14 bits per heavy atom. The van der Waals surface area contributed by atoms with Crippen molar-refractivity contribution in [3.05, 3.63) is 34.9 Å². The number of ether oxygens (including phenoxy) is 4.